The molecule has 0 unspecified atom stereocenters. The summed E-state index contributed by atoms with van der Waals surface area (Å²) in [4.78, 5) is 17.2. The zero-order chi connectivity index (χ0) is 23.9. The molecule has 0 saturated heterocycles. The number of hydrogen-bond donors (Lipinski definition) is 1. The Morgan fingerprint density at radius 3 is 2.38 bits per heavy atom. The van der Waals surface area contributed by atoms with Gasteiger partial charge in [-0.3, -0.25) is 4.79 Å². The SMILES string of the molecule is Cc1ccc(C(=O)NCCCCCc2nc3ccccc3n2Cc2ccc(C(C)C)cc2)cc1. The molecule has 0 saturated carbocycles. The lowest BCUT2D eigenvalue weighted by atomic mass is 10.0. The van der Waals surface area contributed by atoms with Gasteiger partial charge in [0.15, 0.2) is 0 Å². The molecule has 0 aliphatic carbocycles. The molecule has 4 rings (SSSR count). The molecule has 0 fully saturated rings. The van der Waals surface area contributed by atoms with Gasteiger partial charge in [-0.2, -0.15) is 0 Å². The van der Waals surface area contributed by atoms with E-state index in [0.717, 1.165) is 54.7 Å². The minimum absolute atomic E-state index is 0.00489. The average molecular weight is 454 g/mol. The van der Waals surface area contributed by atoms with E-state index >= 15 is 0 Å². The summed E-state index contributed by atoms with van der Waals surface area (Å²) in [5.41, 5.74) is 6.80. The Balaban J connectivity index is 1.33. The van der Waals surface area contributed by atoms with E-state index in [-0.39, 0.29) is 5.91 Å². The number of fused-ring (bicyclic) bond motifs is 1. The number of hydrogen-bond acceptors (Lipinski definition) is 2. The van der Waals surface area contributed by atoms with Crippen molar-refractivity contribution in [2.24, 2.45) is 0 Å². The van der Waals surface area contributed by atoms with Gasteiger partial charge in [-0.25, -0.2) is 4.98 Å². The van der Waals surface area contributed by atoms with Gasteiger partial charge >= 0.3 is 0 Å². The van der Waals surface area contributed by atoms with Gasteiger partial charge in [-0.15, -0.1) is 0 Å². The van der Waals surface area contributed by atoms with Crippen LogP contribution in [0.25, 0.3) is 11.0 Å². The van der Waals surface area contributed by atoms with Crippen molar-refractivity contribution < 1.29 is 4.79 Å². The molecule has 0 aliphatic heterocycles. The molecule has 0 spiro atoms. The zero-order valence-electron chi connectivity index (χ0n) is 20.6. The van der Waals surface area contributed by atoms with E-state index in [4.69, 9.17) is 4.98 Å². The lowest BCUT2D eigenvalue weighted by Crippen LogP contribution is -2.24. The number of para-hydroxylation sites is 2. The Bertz CT molecular complexity index is 1220. The smallest absolute Gasteiger partial charge is 0.251 e. The van der Waals surface area contributed by atoms with E-state index in [1.807, 2.05) is 31.2 Å². The van der Waals surface area contributed by atoms with E-state index in [9.17, 15) is 4.79 Å². The Kier molecular flexibility index (Phi) is 7.79. The van der Waals surface area contributed by atoms with Crippen LogP contribution in [0.5, 0.6) is 0 Å². The van der Waals surface area contributed by atoms with Gasteiger partial charge < -0.3 is 9.88 Å². The van der Waals surface area contributed by atoms with Crippen LogP contribution in [0.3, 0.4) is 0 Å². The summed E-state index contributed by atoms with van der Waals surface area (Å²) in [5.74, 6) is 1.68. The fraction of sp³-hybridized carbons (Fsp3) is 0.333. The van der Waals surface area contributed by atoms with Crippen LogP contribution in [-0.4, -0.2) is 22.0 Å². The predicted octanol–water partition coefficient (Wildman–Crippen LogP) is 6.66. The number of aryl methyl sites for hydroxylation is 2. The number of nitrogens with zero attached hydrogens (tertiary/aromatic N) is 2. The van der Waals surface area contributed by atoms with Gasteiger partial charge in [-0.05, 0) is 61.1 Å². The first kappa shape index (κ1) is 23.7. The predicted molar refractivity (Wildman–Crippen MR) is 140 cm³/mol. The van der Waals surface area contributed by atoms with Crippen molar-refractivity contribution in [3.8, 4) is 0 Å². The number of rotatable bonds is 10. The van der Waals surface area contributed by atoms with E-state index in [1.54, 1.807) is 0 Å². The topological polar surface area (TPSA) is 46.9 Å². The van der Waals surface area contributed by atoms with Crippen LogP contribution in [0.2, 0.25) is 0 Å². The first-order chi connectivity index (χ1) is 16.5. The molecule has 0 atom stereocenters. The summed E-state index contributed by atoms with van der Waals surface area (Å²) >= 11 is 0. The lowest BCUT2D eigenvalue weighted by molar-refractivity contribution is 0.0953. The molecule has 4 heteroatoms. The maximum absolute atomic E-state index is 12.3. The molecule has 1 aromatic heterocycles. The molecule has 3 aromatic carbocycles. The fourth-order valence-corrected chi connectivity index (χ4v) is 4.28. The van der Waals surface area contributed by atoms with Crippen LogP contribution >= 0.6 is 0 Å². The Morgan fingerprint density at radius 2 is 1.65 bits per heavy atom. The van der Waals surface area contributed by atoms with Crippen molar-refractivity contribution in [1.82, 2.24) is 14.9 Å². The number of carbonyl (C=O) groups is 1. The molecule has 0 bridgehead atoms. The maximum Gasteiger partial charge on any atom is 0.251 e. The standard InChI is InChI=1S/C30H35N3O/c1-22(2)25-18-14-24(15-19-25)21-33-28-10-7-6-9-27(28)32-29(33)11-5-4-8-20-31-30(34)26-16-12-23(3)13-17-26/h6-7,9-10,12-19,22H,4-5,8,11,20-21H2,1-3H3,(H,31,34). The molecule has 1 amide bonds. The second kappa shape index (κ2) is 11.1. The van der Waals surface area contributed by atoms with Gasteiger partial charge in [0.1, 0.15) is 5.82 Å². The molecule has 176 valence electrons. The van der Waals surface area contributed by atoms with Crippen molar-refractivity contribution in [1.29, 1.82) is 0 Å². The van der Waals surface area contributed by atoms with Crippen LogP contribution in [0.1, 0.15) is 71.9 Å². The second-order valence-electron chi connectivity index (χ2n) is 9.43. The highest BCUT2D eigenvalue weighted by molar-refractivity contribution is 5.94. The lowest BCUT2D eigenvalue weighted by Gasteiger charge is -2.11. The average Bonchev–Trinajstić information content (AvgIpc) is 3.19. The first-order valence-corrected chi connectivity index (χ1v) is 12.4. The van der Waals surface area contributed by atoms with Crippen molar-refractivity contribution in [3.63, 3.8) is 0 Å². The van der Waals surface area contributed by atoms with E-state index in [0.29, 0.717) is 12.5 Å². The van der Waals surface area contributed by atoms with Crippen molar-refractivity contribution in [3.05, 3.63) is 101 Å². The largest absolute Gasteiger partial charge is 0.352 e. The van der Waals surface area contributed by atoms with Gasteiger partial charge in [0, 0.05) is 25.1 Å². The molecule has 1 N–H and O–H groups in total. The van der Waals surface area contributed by atoms with Crippen molar-refractivity contribution in [2.75, 3.05) is 6.54 Å². The number of unbranched alkanes of at least 4 members (excludes halogenated alkanes) is 2. The van der Waals surface area contributed by atoms with E-state index in [1.165, 1.54) is 16.6 Å². The molecule has 0 radical (unpaired) electrons. The van der Waals surface area contributed by atoms with Gasteiger partial charge in [-0.1, -0.05) is 74.4 Å². The molecule has 34 heavy (non-hydrogen) atoms. The van der Waals surface area contributed by atoms with Crippen LogP contribution in [-0.2, 0) is 13.0 Å². The number of imidazole rings is 1. The summed E-state index contributed by atoms with van der Waals surface area (Å²) in [7, 11) is 0. The number of nitrogens with one attached hydrogen (secondary N) is 1. The molecule has 4 aromatic rings. The Labute approximate surface area is 203 Å². The number of amides is 1. The molecule has 4 nitrogen and oxygen atoms in total. The maximum atomic E-state index is 12.3. The Hall–Kier alpha value is -3.40. The highest BCUT2D eigenvalue weighted by atomic mass is 16.1. The van der Waals surface area contributed by atoms with E-state index in [2.05, 4.69) is 72.3 Å². The van der Waals surface area contributed by atoms with Gasteiger partial charge in [0.2, 0.25) is 0 Å². The zero-order valence-corrected chi connectivity index (χ0v) is 20.6. The fourth-order valence-electron chi connectivity index (χ4n) is 4.28. The minimum Gasteiger partial charge on any atom is -0.352 e. The number of benzene rings is 3. The Morgan fingerprint density at radius 1 is 0.912 bits per heavy atom. The van der Waals surface area contributed by atoms with Crippen LogP contribution in [0.15, 0.2) is 72.8 Å². The summed E-state index contributed by atoms with van der Waals surface area (Å²) < 4.78 is 2.36. The summed E-state index contributed by atoms with van der Waals surface area (Å²) in [6.45, 7) is 8.01. The molecule has 0 aliphatic rings. The quantitative estimate of drug-likeness (QED) is 0.273. The number of carbonyl (C=O) groups excluding carboxylic acids is 1. The van der Waals surface area contributed by atoms with Gasteiger partial charge in [0.25, 0.3) is 5.91 Å². The third-order valence-corrected chi connectivity index (χ3v) is 6.40. The van der Waals surface area contributed by atoms with Crippen molar-refractivity contribution in [2.45, 2.75) is 58.9 Å². The molecular formula is C30H35N3O. The number of aromatic nitrogens is 2. The third-order valence-electron chi connectivity index (χ3n) is 6.40. The van der Waals surface area contributed by atoms with E-state index < -0.39 is 0 Å². The highest BCUT2D eigenvalue weighted by Crippen LogP contribution is 2.21. The second-order valence-corrected chi connectivity index (χ2v) is 9.43. The molecular weight excluding hydrogens is 418 g/mol. The summed E-state index contributed by atoms with van der Waals surface area (Å²) in [6.07, 6.45) is 4.01. The van der Waals surface area contributed by atoms with Crippen LogP contribution in [0.4, 0.5) is 0 Å². The minimum atomic E-state index is 0.00489. The summed E-state index contributed by atoms with van der Waals surface area (Å²) in [5, 5.41) is 3.04. The first-order valence-electron chi connectivity index (χ1n) is 12.4. The van der Waals surface area contributed by atoms with Crippen molar-refractivity contribution >= 4 is 16.9 Å². The summed E-state index contributed by atoms with van der Waals surface area (Å²) in [6, 6.07) is 25.1. The van der Waals surface area contributed by atoms with Gasteiger partial charge in [0.05, 0.1) is 11.0 Å². The monoisotopic (exact) mass is 453 g/mol. The highest BCUT2D eigenvalue weighted by Gasteiger charge is 2.11. The third kappa shape index (κ3) is 5.93. The van der Waals surface area contributed by atoms with Crippen LogP contribution < -0.4 is 5.32 Å². The van der Waals surface area contributed by atoms with Crippen LogP contribution in [0, 0.1) is 6.92 Å². The normalized spacial score (nSPS) is 11.3. The molecule has 1 heterocycles.